The van der Waals surface area contributed by atoms with Gasteiger partial charge in [-0.15, -0.1) is 16.4 Å². The molecule has 0 atom stereocenters. The van der Waals surface area contributed by atoms with Crippen molar-refractivity contribution in [2.45, 2.75) is 6.42 Å². The number of aliphatic hydroxyl groups is 1. The monoisotopic (exact) mass is 272 g/mol. The highest BCUT2D eigenvalue weighted by Gasteiger charge is 2.06. The highest BCUT2D eigenvalue weighted by atomic mass is 32.1. The van der Waals surface area contributed by atoms with Crippen LogP contribution in [0.2, 0.25) is 0 Å². The molecule has 3 rings (SSSR count). The Balaban J connectivity index is 1.86. The maximum Gasteiger partial charge on any atom is 0.125 e. The summed E-state index contributed by atoms with van der Waals surface area (Å²) in [6.07, 6.45) is 4.34. The molecule has 0 amide bonds. The second-order valence-electron chi connectivity index (χ2n) is 4.05. The quantitative estimate of drug-likeness (QED) is 0.788. The van der Waals surface area contributed by atoms with Crippen molar-refractivity contribution in [2.24, 2.45) is 0 Å². The van der Waals surface area contributed by atoms with E-state index in [0.717, 1.165) is 21.8 Å². The molecule has 0 spiro atoms. The molecule has 1 aromatic carbocycles. The fourth-order valence-corrected chi connectivity index (χ4v) is 2.36. The first-order valence-electron chi connectivity index (χ1n) is 5.88. The Morgan fingerprint density at radius 2 is 2.05 bits per heavy atom. The van der Waals surface area contributed by atoms with E-state index in [1.54, 1.807) is 16.4 Å². The Hall–Kier alpha value is -2.05. The van der Waals surface area contributed by atoms with E-state index < -0.39 is 0 Å². The first kappa shape index (κ1) is 12.0. The van der Waals surface area contributed by atoms with Gasteiger partial charge in [0.15, 0.2) is 0 Å². The van der Waals surface area contributed by atoms with E-state index >= 15 is 0 Å². The predicted octanol–water partition coefficient (Wildman–Crippen LogP) is 1.93. The molecule has 0 aliphatic rings. The van der Waals surface area contributed by atoms with E-state index in [1.807, 2.05) is 30.5 Å². The summed E-state index contributed by atoms with van der Waals surface area (Å²) in [5.74, 6) is 0. The van der Waals surface area contributed by atoms with Crippen LogP contribution < -0.4 is 0 Å². The summed E-state index contributed by atoms with van der Waals surface area (Å²) in [4.78, 5) is 5.03. The maximum atomic E-state index is 8.88. The van der Waals surface area contributed by atoms with Gasteiger partial charge in [0.2, 0.25) is 0 Å². The van der Waals surface area contributed by atoms with E-state index in [1.165, 1.54) is 11.3 Å². The molecule has 6 heteroatoms. The van der Waals surface area contributed by atoms with Crippen molar-refractivity contribution in [3.8, 4) is 16.3 Å². The number of hydrogen-bond donors (Lipinski definition) is 1. The first-order valence-corrected chi connectivity index (χ1v) is 6.76. The van der Waals surface area contributed by atoms with Gasteiger partial charge in [0.1, 0.15) is 5.69 Å². The normalized spacial score (nSPS) is 10.8. The molecular weight excluding hydrogens is 260 g/mol. The lowest BCUT2D eigenvalue weighted by molar-refractivity contribution is 0.299. The minimum Gasteiger partial charge on any atom is -0.396 e. The average Bonchev–Trinajstić information content (AvgIpc) is 3.11. The number of aromatic nitrogens is 4. The van der Waals surface area contributed by atoms with Gasteiger partial charge in [-0.25, -0.2) is 4.68 Å². The summed E-state index contributed by atoms with van der Waals surface area (Å²) in [7, 11) is 0. The van der Waals surface area contributed by atoms with Crippen LogP contribution in [0.1, 0.15) is 5.56 Å². The van der Waals surface area contributed by atoms with Crippen molar-refractivity contribution in [1.82, 2.24) is 20.0 Å². The summed E-state index contributed by atoms with van der Waals surface area (Å²) in [5, 5.41) is 17.1. The van der Waals surface area contributed by atoms with Gasteiger partial charge in [-0.1, -0.05) is 17.3 Å². The second kappa shape index (κ2) is 5.29. The maximum absolute atomic E-state index is 8.88. The van der Waals surface area contributed by atoms with Crippen LogP contribution in [0.5, 0.6) is 0 Å². The molecule has 5 nitrogen and oxygen atoms in total. The van der Waals surface area contributed by atoms with Gasteiger partial charge in [0, 0.05) is 12.8 Å². The first-order chi connectivity index (χ1) is 9.36. The average molecular weight is 272 g/mol. The molecule has 0 aliphatic carbocycles. The standard InChI is InChI=1S/C13H12N4OS/c18-6-5-10-1-3-11(4-2-10)17-8-12(15-16-17)13-7-14-9-19-13/h1-4,7-9,18H,5-6H2. The fourth-order valence-electron chi connectivity index (χ4n) is 1.79. The van der Waals surface area contributed by atoms with E-state index in [2.05, 4.69) is 15.3 Å². The largest absolute Gasteiger partial charge is 0.396 e. The SMILES string of the molecule is OCCc1ccc(-n2cc(-c3cncs3)nn2)cc1. The zero-order valence-corrected chi connectivity index (χ0v) is 10.9. The van der Waals surface area contributed by atoms with Crippen LogP contribution in [0, 0.1) is 0 Å². The lowest BCUT2D eigenvalue weighted by Crippen LogP contribution is -1.96. The summed E-state index contributed by atoms with van der Waals surface area (Å²) >= 11 is 1.54. The number of hydrogen-bond acceptors (Lipinski definition) is 5. The lowest BCUT2D eigenvalue weighted by atomic mass is 10.1. The van der Waals surface area contributed by atoms with Gasteiger partial charge in [-0.2, -0.15) is 0 Å². The molecular formula is C13H12N4OS. The van der Waals surface area contributed by atoms with Gasteiger partial charge in [-0.05, 0) is 24.1 Å². The third-order valence-electron chi connectivity index (χ3n) is 2.78. The number of nitrogens with zero attached hydrogens (tertiary/aromatic N) is 4. The van der Waals surface area contributed by atoms with Crippen LogP contribution >= 0.6 is 11.3 Å². The third-order valence-corrected chi connectivity index (χ3v) is 3.58. The molecule has 96 valence electrons. The highest BCUT2D eigenvalue weighted by molar-refractivity contribution is 7.13. The molecule has 0 unspecified atom stereocenters. The Morgan fingerprint density at radius 1 is 1.21 bits per heavy atom. The molecule has 0 saturated carbocycles. The third kappa shape index (κ3) is 2.54. The van der Waals surface area contributed by atoms with E-state index in [0.29, 0.717) is 6.42 Å². The molecule has 3 aromatic rings. The van der Waals surface area contributed by atoms with Crippen LogP contribution in [-0.4, -0.2) is 31.7 Å². The smallest absolute Gasteiger partial charge is 0.125 e. The molecule has 19 heavy (non-hydrogen) atoms. The van der Waals surface area contributed by atoms with Crippen molar-refractivity contribution in [3.05, 3.63) is 47.7 Å². The van der Waals surface area contributed by atoms with Crippen LogP contribution in [0.15, 0.2) is 42.2 Å². The number of rotatable bonds is 4. The minimum atomic E-state index is 0.165. The Kier molecular flexibility index (Phi) is 3.35. The molecule has 0 saturated heterocycles. The van der Waals surface area contributed by atoms with Crippen LogP contribution in [0.25, 0.3) is 16.3 Å². The fraction of sp³-hybridized carbons (Fsp3) is 0.154. The Bertz CT molecular complexity index is 646. The predicted molar refractivity (Wildman–Crippen MR) is 73.3 cm³/mol. The minimum absolute atomic E-state index is 0.165. The van der Waals surface area contributed by atoms with Crippen LogP contribution in [-0.2, 0) is 6.42 Å². The number of benzene rings is 1. The van der Waals surface area contributed by atoms with E-state index in [9.17, 15) is 0 Å². The summed E-state index contributed by atoms with van der Waals surface area (Å²) in [5.41, 5.74) is 4.65. The van der Waals surface area contributed by atoms with E-state index in [-0.39, 0.29) is 6.61 Å². The number of aliphatic hydroxyl groups excluding tert-OH is 1. The summed E-state index contributed by atoms with van der Waals surface area (Å²) < 4.78 is 1.73. The zero-order chi connectivity index (χ0) is 13.1. The van der Waals surface area contributed by atoms with Crippen LogP contribution in [0.4, 0.5) is 0 Å². The zero-order valence-electron chi connectivity index (χ0n) is 10.1. The molecule has 0 aliphatic heterocycles. The molecule has 0 fully saturated rings. The molecule has 2 aromatic heterocycles. The van der Waals surface area contributed by atoms with Crippen molar-refractivity contribution < 1.29 is 5.11 Å². The van der Waals surface area contributed by atoms with Gasteiger partial charge >= 0.3 is 0 Å². The van der Waals surface area contributed by atoms with Crippen molar-refractivity contribution in [2.75, 3.05) is 6.61 Å². The second-order valence-corrected chi connectivity index (χ2v) is 4.94. The van der Waals surface area contributed by atoms with Crippen molar-refractivity contribution in [1.29, 1.82) is 0 Å². The van der Waals surface area contributed by atoms with Gasteiger partial charge < -0.3 is 5.11 Å². The molecule has 0 radical (unpaired) electrons. The van der Waals surface area contributed by atoms with Crippen molar-refractivity contribution >= 4 is 11.3 Å². The lowest BCUT2D eigenvalue weighted by Gasteiger charge is -2.01. The van der Waals surface area contributed by atoms with Crippen molar-refractivity contribution in [3.63, 3.8) is 0 Å². The Labute approximate surface area is 114 Å². The molecule has 0 bridgehead atoms. The molecule has 1 N–H and O–H groups in total. The van der Waals surface area contributed by atoms with E-state index in [4.69, 9.17) is 5.11 Å². The van der Waals surface area contributed by atoms with Gasteiger partial charge in [-0.3, -0.25) is 4.98 Å². The summed E-state index contributed by atoms with van der Waals surface area (Å²) in [6, 6.07) is 7.91. The number of thiazole rings is 1. The topological polar surface area (TPSA) is 63.8 Å². The summed E-state index contributed by atoms with van der Waals surface area (Å²) in [6.45, 7) is 0.165. The van der Waals surface area contributed by atoms with Crippen LogP contribution in [0.3, 0.4) is 0 Å². The molecule has 2 heterocycles. The highest BCUT2D eigenvalue weighted by Crippen LogP contribution is 2.21. The Morgan fingerprint density at radius 3 is 2.74 bits per heavy atom. The van der Waals surface area contributed by atoms with Gasteiger partial charge in [0.05, 0.1) is 22.3 Å². The van der Waals surface area contributed by atoms with Gasteiger partial charge in [0.25, 0.3) is 0 Å².